The summed E-state index contributed by atoms with van der Waals surface area (Å²) in [5, 5.41) is 17.5. The Morgan fingerprint density at radius 3 is 2.67 bits per heavy atom. The van der Waals surface area contributed by atoms with E-state index in [1.165, 1.54) is 23.1 Å². The van der Waals surface area contributed by atoms with Crippen LogP contribution < -0.4 is 15.5 Å². The van der Waals surface area contributed by atoms with Crippen molar-refractivity contribution < 1.29 is 9.82 Å². The molecule has 0 atom stereocenters. The normalized spacial score (nSPS) is 10.5. The quantitative estimate of drug-likeness (QED) is 0.401. The van der Waals surface area contributed by atoms with Gasteiger partial charge in [-0.1, -0.05) is 11.6 Å². The highest BCUT2D eigenvalue weighted by Gasteiger charge is 2.11. The van der Waals surface area contributed by atoms with Crippen LogP contribution in [0.25, 0.3) is 0 Å². The van der Waals surface area contributed by atoms with Gasteiger partial charge in [-0.25, -0.2) is 0 Å². The summed E-state index contributed by atoms with van der Waals surface area (Å²) >= 11 is 11.2. The van der Waals surface area contributed by atoms with E-state index in [-0.39, 0.29) is 5.69 Å². The van der Waals surface area contributed by atoms with Gasteiger partial charge in [0.05, 0.1) is 41.8 Å². The minimum absolute atomic E-state index is 0.0303. The molecule has 0 bridgehead atoms. The van der Waals surface area contributed by atoms with E-state index in [1.807, 2.05) is 0 Å². The van der Waals surface area contributed by atoms with Crippen molar-refractivity contribution in [3.63, 3.8) is 0 Å². The molecule has 0 radical (unpaired) electrons. The standard InChI is InChI=1S/C13H19ClN4O2S/c1-3-17(4-2)8-7-15-13(21)16-12-9-10(18(19)20)5-6-11(12)14/h5-6,9H,3-4,7-8H2,1-2H3,(H2,15,16,21)/p+1. The van der Waals surface area contributed by atoms with Crippen LogP contribution in [0.15, 0.2) is 18.2 Å². The maximum atomic E-state index is 10.7. The first-order valence-corrected chi connectivity index (χ1v) is 7.58. The van der Waals surface area contributed by atoms with Gasteiger partial charge in [-0.15, -0.1) is 0 Å². The van der Waals surface area contributed by atoms with Crippen LogP contribution in [0.5, 0.6) is 0 Å². The first-order chi connectivity index (χ1) is 9.97. The second-order valence-corrected chi connectivity index (χ2v) is 5.32. The lowest BCUT2D eigenvalue weighted by Gasteiger charge is -2.17. The van der Waals surface area contributed by atoms with Crippen molar-refractivity contribution in [1.82, 2.24) is 5.32 Å². The molecule has 0 saturated carbocycles. The fraction of sp³-hybridized carbons (Fsp3) is 0.462. The molecule has 8 heteroatoms. The number of thiocarbonyl (C=S) groups is 1. The third kappa shape index (κ3) is 5.82. The Labute approximate surface area is 134 Å². The monoisotopic (exact) mass is 331 g/mol. The van der Waals surface area contributed by atoms with E-state index < -0.39 is 4.92 Å². The number of hydrogen-bond donors (Lipinski definition) is 3. The van der Waals surface area contributed by atoms with Gasteiger partial charge in [0.25, 0.3) is 5.69 Å². The third-order valence-electron chi connectivity index (χ3n) is 3.17. The first-order valence-electron chi connectivity index (χ1n) is 6.80. The fourth-order valence-electron chi connectivity index (χ4n) is 1.85. The Bertz CT molecular complexity index is 509. The number of nitro benzene ring substituents is 1. The van der Waals surface area contributed by atoms with Gasteiger partial charge in [0, 0.05) is 12.1 Å². The summed E-state index contributed by atoms with van der Waals surface area (Å²) in [6.45, 7) is 8.09. The van der Waals surface area contributed by atoms with E-state index in [9.17, 15) is 10.1 Å². The number of benzene rings is 1. The Balaban J connectivity index is 2.55. The molecule has 0 aromatic heterocycles. The highest BCUT2D eigenvalue weighted by Crippen LogP contribution is 2.26. The Hall–Kier alpha value is -1.44. The lowest BCUT2D eigenvalue weighted by Crippen LogP contribution is -3.12. The molecule has 0 unspecified atom stereocenters. The number of rotatable bonds is 7. The smallest absolute Gasteiger partial charge is 0.271 e. The molecule has 0 aliphatic heterocycles. The summed E-state index contributed by atoms with van der Waals surface area (Å²) in [5.74, 6) is 0. The molecule has 0 amide bonds. The van der Waals surface area contributed by atoms with E-state index in [0.717, 1.165) is 26.2 Å². The van der Waals surface area contributed by atoms with Crippen LogP contribution in [0.3, 0.4) is 0 Å². The van der Waals surface area contributed by atoms with Crippen molar-refractivity contribution in [1.29, 1.82) is 0 Å². The van der Waals surface area contributed by atoms with Crippen molar-refractivity contribution in [2.24, 2.45) is 0 Å². The number of nitro groups is 1. The van der Waals surface area contributed by atoms with Crippen molar-refractivity contribution in [2.45, 2.75) is 13.8 Å². The summed E-state index contributed by atoms with van der Waals surface area (Å²) < 4.78 is 0. The minimum Gasteiger partial charge on any atom is -0.357 e. The zero-order valence-corrected chi connectivity index (χ0v) is 13.7. The summed E-state index contributed by atoms with van der Waals surface area (Å²) in [6.07, 6.45) is 0. The van der Waals surface area contributed by atoms with Crippen LogP contribution in [0, 0.1) is 10.1 Å². The second-order valence-electron chi connectivity index (χ2n) is 4.51. The zero-order chi connectivity index (χ0) is 15.8. The molecule has 1 aromatic rings. The van der Waals surface area contributed by atoms with Gasteiger partial charge in [0.15, 0.2) is 5.11 Å². The van der Waals surface area contributed by atoms with Gasteiger partial charge in [-0.2, -0.15) is 0 Å². The van der Waals surface area contributed by atoms with Crippen molar-refractivity contribution in [2.75, 3.05) is 31.5 Å². The largest absolute Gasteiger partial charge is 0.357 e. The molecule has 6 nitrogen and oxygen atoms in total. The molecule has 1 aromatic carbocycles. The highest BCUT2D eigenvalue weighted by molar-refractivity contribution is 7.80. The molecule has 0 saturated heterocycles. The van der Waals surface area contributed by atoms with Gasteiger partial charge in [-0.3, -0.25) is 10.1 Å². The van der Waals surface area contributed by atoms with Crippen LogP contribution in [0.1, 0.15) is 13.8 Å². The van der Waals surface area contributed by atoms with E-state index in [1.54, 1.807) is 0 Å². The maximum Gasteiger partial charge on any atom is 0.271 e. The predicted molar refractivity (Wildman–Crippen MR) is 89.2 cm³/mol. The van der Waals surface area contributed by atoms with Gasteiger partial charge in [-0.05, 0) is 32.1 Å². The van der Waals surface area contributed by atoms with Crippen molar-refractivity contribution in [3.8, 4) is 0 Å². The molecule has 0 fully saturated rings. The van der Waals surface area contributed by atoms with E-state index in [0.29, 0.717) is 15.8 Å². The Kier molecular flexibility index (Phi) is 7.35. The maximum absolute atomic E-state index is 10.7. The SMILES string of the molecule is CC[NH+](CC)CCNC(=S)Nc1cc([N+](=O)[O-])ccc1Cl. The number of likely N-dealkylation sites (N-methyl/N-ethyl adjacent to an activating group) is 1. The molecule has 0 heterocycles. The number of nitrogens with one attached hydrogen (secondary N) is 3. The number of hydrogen-bond acceptors (Lipinski definition) is 3. The van der Waals surface area contributed by atoms with E-state index >= 15 is 0 Å². The first kappa shape index (κ1) is 17.6. The number of quaternary nitrogens is 1. The molecule has 1 rings (SSSR count). The van der Waals surface area contributed by atoms with E-state index in [4.69, 9.17) is 23.8 Å². The average Bonchev–Trinajstić information content (AvgIpc) is 2.45. The Morgan fingerprint density at radius 2 is 2.10 bits per heavy atom. The number of anilines is 1. The van der Waals surface area contributed by atoms with Crippen LogP contribution in [-0.4, -0.2) is 36.2 Å². The van der Waals surface area contributed by atoms with Crippen LogP contribution in [-0.2, 0) is 0 Å². The molecular weight excluding hydrogens is 312 g/mol. The summed E-state index contributed by atoms with van der Waals surface area (Å²) in [6, 6.07) is 4.20. The van der Waals surface area contributed by atoms with Crippen LogP contribution >= 0.6 is 23.8 Å². The van der Waals surface area contributed by atoms with Crippen molar-refractivity contribution >= 4 is 40.3 Å². The highest BCUT2D eigenvalue weighted by atomic mass is 35.5. The van der Waals surface area contributed by atoms with E-state index in [2.05, 4.69) is 24.5 Å². The summed E-state index contributed by atoms with van der Waals surface area (Å²) in [4.78, 5) is 11.7. The fourth-order valence-corrected chi connectivity index (χ4v) is 2.22. The molecule has 116 valence electrons. The topological polar surface area (TPSA) is 71.6 Å². The van der Waals surface area contributed by atoms with Gasteiger partial charge < -0.3 is 15.5 Å². The second kappa shape index (κ2) is 8.76. The molecule has 0 spiro atoms. The number of nitrogens with zero attached hydrogens (tertiary/aromatic N) is 1. The molecule has 0 aliphatic rings. The molecule has 21 heavy (non-hydrogen) atoms. The molecule has 3 N–H and O–H groups in total. The van der Waals surface area contributed by atoms with Gasteiger partial charge >= 0.3 is 0 Å². The van der Waals surface area contributed by atoms with Crippen LogP contribution in [0.2, 0.25) is 5.02 Å². The number of non-ortho nitro benzene ring substituents is 1. The summed E-state index contributed by atoms with van der Waals surface area (Å²) in [7, 11) is 0. The zero-order valence-electron chi connectivity index (χ0n) is 12.1. The molecule has 0 aliphatic carbocycles. The predicted octanol–water partition coefficient (Wildman–Crippen LogP) is 1.46. The summed E-state index contributed by atoms with van der Waals surface area (Å²) in [5.41, 5.74) is 0.399. The lowest BCUT2D eigenvalue weighted by atomic mass is 10.3. The van der Waals surface area contributed by atoms with Gasteiger partial charge in [0.2, 0.25) is 0 Å². The van der Waals surface area contributed by atoms with Crippen molar-refractivity contribution in [3.05, 3.63) is 33.3 Å². The lowest BCUT2D eigenvalue weighted by molar-refractivity contribution is -0.895. The average molecular weight is 332 g/mol. The Morgan fingerprint density at radius 1 is 1.43 bits per heavy atom. The van der Waals surface area contributed by atoms with Crippen LogP contribution in [0.4, 0.5) is 11.4 Å². The molecular formula is C13H20ClN4O2S+. The van der Waals surface area contributed by atoms with Gasteiger partial charge in [0.1, 0.15) is 0 Å². The minimum atomic E-state index is -0.471. The number of halogens is 1. The third-order valence-corrected chi connectivity index (χ3v) is 3.75.